The zero-order valence-electron chi connectivity index (χ0n) is 10.8. The van der Waals surface area contributed by atoms with Gasteiger partial charge < -0.3 is 0 Å². The average molecular weight is 344 g/mol. The van der Waals surface area contributed by atoms with Crippen LogP contribution in [0, 0.1) is 12.7 Å². The summed E-state index contributed by atoms with van der Waals surface area (Å²) >= 11 is 9.50. The number of hydrogen-bond acceptors (Lipinski definition) is 2. The van der Waals surface area contributed by atoms with E-state index in [1.54, 1.807) is 6.07 Å². The smallest absolute Gasteiger partial charge is 0.161 e. The van der Waals surface area contributed by atoms with E-state index in [9.17, 15) is 4.39 Å². The predicted octanol–water partition coefficient (Wildman–Crippen LogP) is 5.13. The molecule has 0 aliphatic rings. The minimum atomic E-state index is -0.311. The molecule has 0 saturated heterocycles. The molecule has 1 aromatic carbocycles. The fourth-order valence-electron chi connectivity index (χ4n) is 1.77. The van der Waals surface area contributed by atoms with E-state index in [0.717, 1.165) is 11.3 Å². The lowest BCUT2D eigenvalue weighted by atomic mass is 10.1. The molecule has 100 valence electrons. The largest absolute Gasteiger partial charge is 0.232 e. The van der Waals surface area contributed by atoms with Crippen molar-refractivity contribution >= 4 is 27.5 Å². The Morgan fingerprint density at radius 1 is 1.26 bits per heavy atom. The molecule has 0 amide bonds. The minimum Gasteiger partial charge on any atom is -0.232 e. The van der Waals surface area contributed by atoms with Crippen molar-refractivity contribution in [2.24, 2.45) is 0 Å². The van der Waals surface area contributed by atoms with E-state index in [2.05, 4.69) is 25.9 Å². The van der Waals surface area contributed by atoms with Crippen LogP contribution in [0.5, 0.6) is 0 Å². The Morgan fingerprint density at radius 2 is 1.95 bits per heavy atom. The highest BCUT2D eigenvalue weighted by atomic mass is 79.9. The number of benzene rings is 1. The van der Waals surface area contributed by atoms with E-state index < -0.39 is 0 Å². The standard InChI is InChI=1S/C14H13BrClFN2/c1-7(2)12-11(15)13(16)19-14(18-12)10-6-9(17)5-4-8(10)3/h4-7H,1-3H3. The first-order valence-corrected chi connectivity index (χ1v) is 7.06. The number of aryl methyl sites for hydroxylation is 1. The SMILES string of the molecule is Cc1ccc(F)cc1-c1nc(Cl)c(Br)c(C(C)C)n1. The molecule has 5 heteroatoms. The topological polar surface area (TPSA) is 25.8 Å². The quantitative estimate of drug-likeness (QED) is 0.706. The highest BCUT2D eigenvalue weighted by Crippen LogP contribution is 2.32. The maximum Gasteiger partial charge on any atom is 0.161 e. The zero-order chi connectivity index (χ0) is 14.2. The fraction of sp³-hybridized carbons (Fsp3) is 0.286. The summed E-state index contributed by atoms with van der Waals surface area (Å²) < 4.78 is 14.1. The second kappa shape index (κ2) is 5.55. The maximum atomic E-state index is 13.4. The molecular formula is C14H13BrClFN2. The molecule has 0 radical (unpaired) electrons. The van der Waals surface area contributed by atoms with Gasteiger partial charge in [0.15, 0.2) is 5.82 Å². The molecular weight excluding hydrogens is 331 g/mol. The number of rotatable bonds is 2. The van der Waals surface area contributed by atoms with Crippen LogP contribution in [0.4, 0.5) is 4.39 Å². The van der Waals surface area contributed by atoms with Crippen molar-refractivity contribution in [3.8, 4) is 11.4 Å². The van der Waals surface area contributed by atoms with Gasteiger partial charge in [-0.3, -0.25) is 0 Å². The molecule has 1 aromatic heterocycles. The summed E-state index contributed by atoms with van der Waals surface area (Å²) in [6, 6.07) is 4.56. The van der Waals surface area contributed by atoms with Gasteiger partial charge in [-0.25, -0.2) is 14.4 Å². The Kier molecular flexibility index (Phi) is 4.21. The van der Waals surface area contributed by atoms with E-state index in [0.29, 0.717) is 21.0 Å². The van der Waals surface area contributed by atoms with E-state index in [-0.39, 0.29) is 11.7 Å². The molecule has 2 nitrogen and oxygen atoms in total. The number of aromatic nitrogens is 2. The van der Waals surface area contributed by atoms with Crippen molar-refractivity contribution < 1.29 is 4.39 Å². The molecule has 0 aliphatic heterocycles. The summed E-state index contributed by atoms with van der Waals surface area (Å²) in [6.07, 6.45) is 0. The first kappa shape index (κ1) is 14.4. The van der Waals surface area contributed by atoms with Gasteiger partial charge in [0.2, 0.25) is 0 Å². The van der Waals surface area contributed by atoms with Crippen LogP contribution in [0.15, 0.2) is 22.7 Å². The van der Waals surface area contributed by atoms with Crippen molar-refractivity contribution in [3.05, 3.63) is 44.9 Å². The van der Waals surface area contributed by atoms with Gasteiger partial charge in [-0.1, -0.05) is 31.5 Å². The predicted molar refractivity (Wildman–Crippen MR) is 79.0 cm³/mol. The highest BCUT2D eigenvalue weighted by Gasteiger charge is 2.16. The van der Waals surface area contributed by atoms with Crippen LogP contribution in [0.2, 0.25) is 5.15 Å². The van der Waals surface area contributed by atoms with Gasteiger partial charge in [-0.15, -0.1) is 0 Å². The number of hydrogen-bond donors (Lipinski definition) is 0. The van der Waals surface area contributed by atoms with E-state index in [4.69, 9.17) is 11.6 Å². The van der Waals surface area contributed by atoms with Crippen molar-refractivity contribution in [2.45, 2.75) is 26.7 Å². The Bertz CT molecular complexity index is 629. The van der Waals surface area contributed by atoms with Crippen LogP contribution in [0.25, 0.3) is 11.4 Å². The summed E-state index contributed by atoms with van der Waals surface area (Å²) in [4.78, 5) is 8.72. The van der Waals surface area contributed by atoms with Gasteiger partial charge in [0.05, 0.1) is 10.2 Å². The monoisotopic (exact) mass is 342 g/mol. The molecule has 0 unspecified atom stereocenters. The Morgan fingerprint density at radius 3 is 2.58 bits per heavy atom. The van der Waals surface area contributed by atoms with Crippen LogP contribution < -0.4 is 0 Å². The van der Waals surface area contributed by atoms with Gasteiger partial charge >= 0.3 is 0 Å². The molecule has 0 fully saturated rings. The molecule has 0 bridgehead atoms. The minimum absolute atomic E-state index is 0.197. The molecule has 0 saturated carbocycles. The normalized spacial score (nSPS) is 11.1. The van der Waals surface area contributed by atoms with E-state index in [1.807, 2.05) is 20.8 Å². The van der Waals surface area contributed by atoms with Crippen molar-refractivity contribution in [3.63, 3.8) is 0 Å². The first-order chi connectivity index (χ1) is 8.90. The second-order valence-corrected chi connectivity index (χ2v) is 5.80. The summed E-state index contributed by atoms with van der Waals surface area (Å²) in [5.74, 6) is 0.339. The van der Waals surface area contributed by atoms with Gasteiger partial charge in [0.25, 0.3) is 0 Å². The fourth-order valence-corrected chi connectivity index (χ4v) is 2.59. The summed E-state index contributed by atoms with van der Waals surface area (Å²) in [7, 11) is 0. The Hall–Kier alpha value is -1.00. The Balaban J connectivity index is 2.66. The first-order valence-electron chi connectivity index (χ1n) is 5.89. The van der Waals surface area contributed by atoms with Crippen molar-refractivity contribution in [1.82, 2.24) is 9.97 Å². The maximum absolute atomic E-state index is 13.4. The van der Waals surface area contributed by atoms with Crippen LogP contribution >= 0.6 is 27.5 Å². The van der Waals surface area contributed by atoms with Gasteiger partial charge in [-0.05, 0) is 46.5 Å². The third-order valence-electron chi connectivity index (χ3n) is 2.82. The van der Waals surface area contributed by atoms with Crippen LogP contribution in [-0.2, 0) is 0 Å². The van der Waals surface area contributed by atoms with Crippen molar-refractivity contribution in [2.75, 3.05) is 0 Å². The third kappa shape index (κ3) is 2.95. The van der Waals surface area contributed by atoms with Gasteiger partial charge in [0, 0.05) is 5.56 Å². The molecule has 1 heterocycles. The number of nitrogens with zero attached hydrogens (tertiary/aromatic N) is 2. The molecule has 0 aliphatic carbocycles. The lowest BCUT2D eigenvalue weighted by Crippen LogP contribution is -2.01. The number of halogens is 3. The molecule has 19 heavy (non-hydrogen) atoms. The summed E-state index contributed by atoms with van der Waals surface area (Å²) in [6.45, 7) is 5.93. The van der Waals surface area contributed by atoms with Gasteiger partial charge in [0.1, 0.15) is 11.0 Å². The van der Waals surface area contributed by atoms with Crippen LogP contribution in [0.3, 0.4) is 0 Å². The molecule has 2 rings (SSSR count). The summed E-state index contributed by atoms with van der Waals surface area (Å²) in [5.41, 5.74) is 2.39. The zero-order valence-corrected chi connectivity index (χ0v) is 13.2. The average Bonchev–Trinajstić information content (AvgIpc) is 2.35. The molecule has 0 N–H and O–H groups in total. The molecule has 2 aromatic rings. The molecule has 0 spiro atoms. The summed E-state index contributed by atoms with van der Waals surface area (Å²) in [5, 5.41) is 0.345. The second-order valence-electron chi connectivity index (χ2n) is 4.65. The molecule has 0 atom stereocenters. The highest BCUT2D eigenvalue weighted by molar-refractivity contribution is 9.10. The van der Waals surface area contributed by atoms with E-state index in [1.165, 1.54) is 12.1 Å². The van der Waals surface area contributed by atoms with E-state index >= 15 is 0 Å². The lowest BCUT2D eigenvalue weighted by molar-refractivity contribution is 0.627. The third-order valence-corrected chi connectivity index (χ3v) is 4.11. The lowest BCUT2D eigenvalue weighted by Gasteiger charge is -2.12. The van der Waals surface area contributed by atoms with Crippen LogP contribution in [-0.4, -0.2) is 9.97 Å². The van der Waals surface area contributed by atoms with Crippen molar-refractivity contribution in [1.29, 1.82) is 0 Å². The van der Waals surface area contributed by atoms with Crippen LogP contribution in [0.1, 0.15) is 31.0 Å². The van der Waals surface area contributed by atoms with Gasteiger partial charge in [-0.2, -0.15) is 0 Å². The Labute approximate surface area is 125 Å².